The van der Waals surface area contributed by atoms with Crippen LogP contribution in [0.2, 0.25) is 0 Å². The van der Waals surface area contributed by atoms with Crippen molar-refractivity contribution in [3.63, 3.8) is 0 Å². The Kier molecular flexibility index (Phi) is 3.95. The van der Waals surface area contributed by atoms with Crippen LogP contribution in [0.15, 0.2) is 18.9 Å². The number of nitrogens with zero attached hydrogens (tertiary/aromatic N) is 4. The predicted molar refractivity (Wildman–Crippen MR) is 69.2 cm³/mol. The number of hydrogen-bond acceptors (Lipinski definition) is 8. The van der Waals surface area contributed by atoms with Crippen LogP contribution in [0.5, 0.6) is 0 Å². The number of aromatic nitrogens is 4. The average Bonchev–Trinajstić information content (AvgIpc) is 3.00. The minimum Gasteiger partial charge on any atom is -0.387 e. The molecule has 0 spiro atoms. The minimum atomic E-state index is -4.70. The van der Waals surface area contributed by atoms with Crippen LogP contribution in [-0.2, 0) is 13.8 Å². The normalized spacial score (nSPS) is 29.3. The molecule has 1 saturated heterocycles. The summed E-state index contributed by atoms with van der Waals surface area (Å²) >= 11 is 0. The van der Waals surface area contributed by atoms with Crippen LogP contribution in [0.25, 0.3) is 11.2 Å². The van der Waals surface area contributed by atoms with E-state index in [1.807, 2.05) is 0 Å². The summed E-state index contributed by atoms with van der Waals surface area (Å²) in [5.74, 6) is 0. The minimum absolute atomic E-state index is 0.391. The highest BCUT2D eigenvalue weighted by Crippen LogP contribution is 2.38. The van der Waals surface area contributed by atoms with Gasteiger partial charge in [0.2, 0.25) is 0 Å². The molecule has 1 aliphatic heterocycles. The van der Waals surface area contributed by atoms with E-state index in [9.17, 15) is 14.8 Å². The molecular formula is C10H13N4O7P. The molecule has 12 heteroatoms. The Labute approximate surface area is 123 Å². The second kappa shape index (κ2) is 5.63. The average molecular weight is 332 g/mol. The van der Waals surface area contributed by atoms with Crippen molar-refractivity contribution in [1.82, 2.24) is 19.5 Å². The van der Waals surface area contributed by atoms with Crippen molar-refractivity contribution in [1.29, 1.82) is 0 Å². The van der Waals surface area contributed by atoms with Crippen molar-refractivity contribution in [2.24, 2.45) is 0 Å². The summed E-state index contributed by atoms with van der Waals surface area (Å²) in [6, 6.07) is 0. The fourth-order valence-corrected chi connectivity index (χ4v) is 2.58. The van der Waals surface area contributed by atoms with Gasteiger partial charge in [0, 0.05) is 0 Å². The summed E-state index contributed by atoms with van der Waals surface area (Å²) in [5, 5.41) is 20.0. The zero-order chi connectivity index (χ0) is 15.9. The van der Waals surface area contributed by atoms with Gasteiger partial charge in [0.25, 0.3) is 0 Å². The van der Waals surface area contributed by atoms with Gasteiger partial charge in [-0.1, -0.05) is 0 Å². The van der Waals surface area contributed by atoms with Gasteiger partial charge < -0.3 is 24.7 Å². The monoisotopic (exact) mass is 332 g/mol. The van der Waals surface area contributed by atoms with E-state index in [-0.39, 0.29) is 0 Å². The third kappa shape index (κ3) is 2.88. The Morgan fingerprint density at radius 2 is 2.09 bits per heavy atom. The molecule has 0 aliphatic carbocycles. The molecule has 11 nitrogen and oxygen atoms in total. The van der Waals surface area contributed by atoms with Gasteiger partial charge in [-0.15, -0.1) is 0 Å². The molecule has 2 aromatic rings. The van der Waals surface area contributed by atoms with Crippen LogP contribution < -0.4 is 0 Å². The number of hydrogen-bond donors (Lipinski definition) is 4. The Bertz CT molecular complexity index is 718. The van der Waals surface area contributed by atoms with Gasteiger partial charge in [0.05, 0.1) is 19.1 Å². The fraction of sp³-hybridized carbons (Fsp3) is 0.500. The quantitative estimate of drug-likeness (QED) is 0.488. The Morgan fingerprint density at radius 1 is 1.32 bits per heavy atom. The summed E-state index contributed by atoms with van der Waals surface area (Å²) < 4.78 is 21.8. The summed E-state index contributed by atoms with van der Waals surface area (Å²) in [6.07, 6.45) is -0.690. The van der Waals surface area contributed by atoms with Gasteiger partial charge in [-0.3, -0.25) is 9.09 Å². The lowest BCUT2D eigenvalue weighted by molar-refractivity contribution is -0.0504. The first kappa shape index (κ1) is 15.4. The van der Waals surface area contributed by atoms with Gasteiger partial charge in [0.15, 0.2) is 11.9 Å². The summed E-state index contributed by atoms with van der Waals surface area (Å²) in [5.41, 5.74) is 0.866. The molecule has 0 aromatic carbocycles. The van der Waals surface area contributed by atoms with Crippen molar-refractivity contribution in [3.05, 3.63) is 18.9 Å². The predicted octanol–water partition coefficient (Wildman–Crippen LogP) is -1.45. The lowest BCUT2D eigenvalue weighted by Crippen LogP contribution is -2.33. The van der Waals surface area contributed by atoms with E-state index < -0.39 is 39.0 Å². The molecule has 0 saturated carbocycles. The fourth-order valence-electron chi connectivity index (χ4n) is 2.24. The summed E-state index contributed by atoms with van der Waals surface area (Å²) in [7, 11) is -4.70. The van der Waals surface area contributed by atoms with Crippen LogP contribution in [0.4, 0.5) is 0 Å². The lowest BCUT2D eigenvalue weighted by Gasteiger charge is -2.16. The van der Waals surface area contributed by atoms with Gasteiger partial charge in [-0.25, -0.2) is 19.5 Å². The number of rotatable bonds is 4. The molecule has 22 heavy (non-hydrogen) atoms. The number of phosphoric acid groups is 1. The molecule has 4 N–H and O–H groups in total. The molecule has 3 rings (SSSR count). The number of aliphatic hydroxyl groups excluding tert-OH is 2. The van der Waals surface area contributed by atoms with Crippen molar-refractivity contribution >= 4 is 19.0 Å². The van der Waals surface area contributed by atoms with Gasteiger partial charge in [0.1, 0.15) is 30.2 Å². The molecule has 120 valence electrons. The topological polar surface area (TPSA) is 160 Å². The van der Waals surface area contributed by atoms with E-state index in [1.54, 1.807) is 0 Å². The van der Waals surface area contributed by atoms with Crippen LogP contribution in [0.1, 0.15) is 6.23 Å². The third-order valence-corrected chi connectivity index (χ3v) is 3.74. The highest BCUT2D eigenvalue weighted by atomic mass is 31.2. The van der Waals surface area contributed by atoms with E-state index in [1.165, 1.54) is 23.4 Å². The van der Waals surface area contributed by atoms with E-state index >= 15 is 0 Å². The molecule has 1 fully saturated rings. The van der Waals surface area contributed by atoms with E-state index in [0.29, 0.717) is 11.2 Å². The maximum absolute atomic E-state index is 10.7. The number of imidazole rings is 1. The Morgan fingerprint density at radius 3 is 2.82 bits per heavy atom. The van der Waals surface area contributed by atoms with Gasteiger partial charge in [-0.05, 0) is 0 Å². The largest absolute Gasteiger partial charge is 0.469 e. The Balaban J connectivity index is 1.82. The van der Waals surface area contributed by atoms with Gasteiger partial charge in [-0.2, -0.15) is 0 Å². The maximum Gasteiger partial charge on any atom is 0.469 e. The summed E-state index contributed by atoms with van der Waals surface area (Å²) in [4.78, 5) is 29.2. The molecule has 0 bridgehead atoms. The molecule has 2 aromatic heterocycles. The first-order chi connectivity index (χ1) is 10.4. The van der Waals surface area contributed by atoms with Crippen molar-refractivity contribution in [2.45, 2.75) is 24.5 Å². The first-order valence-corrected chi connectivity index (χ1v) is 7.74. The molecule has 1 aliphatic rings. The maximum atomic E-state index is 10.7. The number of ether oxygens (including phenoxy) is 1. The highest BCUT2D eigenvalue weighted by molar-refractivity contribution is 7.46. The summed E-state index contributed by atoms with van der Waals surface area (Å²) in [6.45, 7) is -0.569. The van der Waals surface area contributed by atoms with Crippen LogP contribution in [0.3, 0.4) is 0 Å². The standard InChI is InChI=1S/C10H13N4O7P/c15-7-6(2-20-22(17,18)19)21-10(8(7)16)14-4-13-5-1-11-3-12-9(5)14/h1,3-4,6-8,10,15-16H,2H2,(H2,17,18,19)/t6-,7?,8?,10-/m1/s1. The molecule has 2 unspecified atom stereocenters. The highest BCUT2D eigenvalue weighted by Gasteiger charge is 2.45. The third-order valence-electron chi connectivity index (χ3n) is 3.26. The van der Waals surface area contributed by atoms with E-state index in [2.05, 4.69) is 19.5 Å². The molecule has 0 radical (unpaired) electrons. The van der Waals surface area contributed by atoms with Gasteiger partial charge >= 0.3 is 7.82 Å². The number of phosphoric ester groups is 1. The van der Waals surface area contributed by atoms with Crippen molar-refractivity contribution < 1.29 is 33.8 Å². The lowest BCUT2D eigenvalue weighted by atomic mass is 10.1. The zero-order valence-electron chi connectivity index (χ0n) is 11.0. The second-order valence-corrected chi connectivity index (χ2v) is 5.96. The number of aliphatic hydroxyl groups is 2. The van der Waals surface area contributed by atoms with Crippen molar-refractivity contribution in [2.75, 3.05) is 6.61 Å². The smallest absolute Gasteiger partial charge is 0.387 e. The molecular weight excluding hydrogens is 319 g/mol. The Hall–Kier alpha value is -1.46. The van der Waals surface area contributed by atoms with Crippen molar-refractivity contribution in [3.8, 4) is 0 Å². The van der Waals surface area contributed by atoms with Crippen LogP contribution in [0, 0.1) is 0 Å². The first-order valence-electron chi connectivity index (χ1n) is 6.21. The number of fused-ring (bicyclic) bond motifs is 1. The zero-order valence-corrected chi connectivity index (χ0v) is 11.9. The van der Waals surface area contributed by atoms with E-state index in [0.717, 1.165) is 0 Å². The SMILES string of the molecule is O=P(O)(O)OC[C@H]1O[C@@H](n2cnc3cncnc32)C(O)C1O. The van der Waals surface area contributed by atoms with Crippen LogP contribution in [-0.4, -0.2) is 64.4 Å². The second-order valence-electron chi connectivity index (χ2n) is 4.72. The molecule has 0 amide bonds. The molecule has 3 heterocycles. The molecule has 4 atom stereocenters. The van der Waals surface area contributed by atoms with E-state index in [4.69, 9.17) is 14.5 Å². The van der Waals surface area contributed by atoms with Crippen LogP contribution >= 0.6 is 7.82 Å².